The van der Waals surface area contributed by atoms with Gasteiger partial charge in [0.2, 0.25) is 17.7 Å². The number of hydrogen-bond donors (Lipinski definition) is 3. The number of piperazine rings is 1. The predicted molar refractivity (Wildman–Crippen MR) is 146 cm³/mol. The number of carbonyl (C=O) groups excluding carboxylic acids is 4. The molecule has 0 aromatic heterocycles. The van der Waals surface area contributed by atoms with Gasteiger partial charge < -0.3 is 25.6 Å². The van der Waals surface area contributed by atoms with Crippen molar-refractivity contribution in [3.05, 3.63) is 64.2 Å². The molecule has 1 fully saturated rings. The van der Waals surface area contributed by atoms with E-state index in [1.165, 1.54) is 11.0 Å². The van der Waals surface area contributed by atoms with Crippen LogP contribution < -0.4 is 20.7 Å². The van der Waals surface area contributed by atoms with Crippen molar-refractivity contribution in [3.8, 4) is 5.75 Å². The number of ether oxygens (including phenoxy) is 1. The van der Waals surface area contributed by atoms with E-state index < -0.39 is 6.04 Å². The molecule has 2 aliphatic heterocycles. The first-order valence-corrected chi connectivity index (χ1v) is 13.5. The monoisotopic (exact) mass is 555 g/mol. The minimum atomic E-state index is -0.641. The molecule has 0 radical (unpaired) electrons. The van der Waals surface area contributed by atoms with Crippen LogP contribution in [0.1, 0.15) is 34.3 Å². The lowest BCUT2D eigenvalue weighted by molar-refractivity contribution is -0.141. The number of carbonyl (C=O) groups is 4. The van der Waals surface area contributed by atoms with Gasteiger partial charge in [-0.3, -0.25) is 24.1 Å². The zero-order chi connectivity index (χ0) is 27.8. The summed E-state index contributed by atoms with van der Waals surface area (Å²) in [6, 6.07) is 12.2. The van der Waals surface area contributed by atoms with Crippen LogP contribution in [-0.2, 0) is 20.9 Å². The average molecular weight is 556 g/mol. The Labute approximate surface area is 233 Å². The van der Waals surface area contributed by atoms with E-state index in [4.69, 9.17) is 16.3 Å². The topological polar surface area (TPSA) is 120 Å². The summed E-state index contributed by atoms with van der Waals surface area (Å²) >= 11 is 6.07. The molecule has 0 saturated carbocycles. The number of hydrogen-bond acceptors (Lipinski definition) is 6. The van der Waals surface area contributed by atoms with Gasteiger partial charge in [-0.05, 0) is 37.1 Å². The summed E-state index contributed by atoms with van der Waals surface area (Å²) in [7, 11) is 0. The van der Waals surface area contributed by atoms with Crippen molar-refractivity contribution in [2.24, 2.45) is 0 Å². The highest BCUT2D eigenvalue weighted by atomic mass is 35.5. The first kappa shape index (κ1) is 28.4. The number of amides is 4. The van der Waals surface area contributed by atoms with Crippen molar-refractivity contribution in [2.75, 3.05) is 45.9 Å². The largest absolute Gasteiger partial charge is 0.491 e. The van der Waals surface area contributed by atoms with Crippen molar-refractivity contribution in [2.45, 2.75) is 32.4 Å². The fraction of sp³-hybridized carbons (Fsp3) is 0.429. The number of nitrogens with one attached hydrogen (secondary N) is 3. The molecule has 2 aromatic rings. The van der Waals surface area contributed by atoms with E-state index in [0.717, 1.165) is 11.1 Å². The quantitative estimate of drug-likeness (QED) is 0.526. The fourth-order valence-corrected chi connectivity index (χ4v) is 4.81. The molecule has 208 valence electrons. The normalized spacial score (nSPS) is 19.6. The Balaban J connectivity index is 1.42. The Morgan fingerprint density at radius 2 is 1.79 bits per heavy atom. The van der Waals surface area contributed by atoms with Gasteiger partial charge in [0, 0.05) is 37.7 Å². The van der Waals surface area contributed by atoms with E-state index in [1.54, 1.807) is 12.1 Å². The molecule has 10 nitrogen and oxygen atoms in total. The third kappa shape index (κ3) is 7.93. The Morgan fingerprint density at radius 1 is 1.00 bits per heavy atom. The van der Waals surface area contributed by atoms with Gasteiger partial charge in [-0.15, -0.1) is 0 Å². The van der Waals surface area contributed by atoms with Gasteiger partial charge in [0.15, 0.2) is 0 Å². The molecule has 1 saturated heterocycles. The van der Waals surface area contributed by atoms with Crippen LogP contribution in [-0.4, -0.2) is 85.3 Å². The first-order valence-electron chi connectivity index (χ1n) is 13.1. The van der Waals surface area contributed by atoms with Crippen LogP contribution in [0.5, 0.6) is 5.75 Å². The molecule has 39 heavy (non-hydrogen) atoms. The van der Waals surface area contributed by atoms with Gasteiger partial charge in [-0.2, -0.15) is 0 Å². The summed E-state index contributed by atoms with van der Waals surface area (Å²) in [6.45, 7) is 4.40. The van der Waals surface area contributed by atoms with Crippen LogP contribution in [0.2, 0.25) is 5.02 Å². The van der Waals surface area contributed by atoms with Crippen LogP contribution in [0.4, 0.5) is 0 Å². The van der Waals surface area contributed by atoms with Crippen LogP contribution in [0.15, 0.2) is 42.5 Å². The molecule has 4 rings (SSSR count). The molecule has 1 atom stereocenters. The molecule has 2 heterocycles. The fourth-order valence-electron chi connectivity index (χ4n) is 4.64. The second kappa shape index (κ2) is 13.4. The van der Waals surface area contributed by atoms with Gasteiger partial charge in [0.1, 0.15) is 12.4 Å². The van der Waals surface area contributed by atoms with E-state index in [9.17, 15) is 19.2 Å². The number of rotatable bonds is 4. The lowest BCUT2D eigenvalue weighted by atomic mass is 10.1. The standard InChI is InChI=1S/C28H34ClN5O5/c1-19-3-5-20(6-4-19)17-33-13-10-32-28(38)23(33)16-26(36)34-12-2-9-31-27(37)22-15-21(29)7-8-24(22)39-14-11-30-25(35)18-34/h3-8,15,23H,2,9-14,16-18H2,1H3,(H,30,35)(H,31,37)(H,32,38). The van der Waals surface area contributed by atoms with Crippen molar-refractivity contribution in [3.63, 3.8) is 0 Å². The van der Waals surface area contributed by atoms with Crippen LogP contribution in [0.25, 0.3) is 0 Å². The number of aryl methyl sites for hydroxylation is 1. The summed E-state index contributed by atoms with van der Waals surface area (Å²) in [4.78, 5) is 55.1. The molecular weight excluding hydrogens is 522 g/mol. The van der Waals surface area contributed by atoms with E-state index in [2.05, 4.69) is 16.0 Å². The van der Waals surface area contributed by atoms with Crippen LogP contribution >= 0.6 is 11.6 Å². The van der Waals surface area contributed by atoms with Gasteiger partial charge in [-0.25, -0.2) is 0 Å². The number of nitrogens with zero attached hydrogens (tertiary/aromatic N) is 2. The van der Waals surface area contributed by atoms with Gasteiger partial charge >= 0.3 is 0 Å². The third-order valence-corrected chi connectivity index (χ3v) is 7.00. The average Bonchev–Trinajstić information content (AvgIpc) is 2.91. The van der Waals surface area contributed by atoms with Gasteiger partial charge in [0.05, 0.1) is 31.1 Å². The van der Waals surface area contributed by atoms with E-state index in [1.807, 2.05) is 36.1 Å². The van der Waals surface area contributed by atoms with Gasteiger partial charge in [-0.1, -0.05) is 41.4 Å². The molecule has 0 aliphatic carbocycles. The SMILES string of the molecule is Cc1ccc(CN2CCNC(=O)C2CC(=O)N2CCCNC(=O)c3cc(Cl)ccc3OCCNC(=O)C2)cc1. The first-order chi connectivity index (χ1) is 18.8. The number of fused-ring (bicyclic) bond motifs is 1. The third-order valence-electron chi connectivity index (χ3n) is 6.76. The van der Waals surface area contributed by atoms with Crippen molar-refractivity contribution >= 4 is 35.2 Å². The Hall–Kier alpha value is -3.63. The highest BCUT2D eigenvalue weighted by Gasteiger charge is 2.33. The maximum atomic E-state index is 13.4. The van der Waals surface area contributed by atoms with E-state index in [0.29, 0.717) is 42.4 Å². The van der Waals surface area contributed by atoms with Crippen LogP contribution in [0, 0.1) is 6.92 Å². The molecule has 11 heteroatoms. The highest BCUT2D eigenvalue weighted by Crippen LogP contribution is 2.23. The van der Waals surface area contributed by atoms with Crippen molar-refractivity contribution in [1.29, 1.82) is 0 Å². The lowest BCUT2D eigenvalue weighted by Crippen LogP contribution is -2.56. The Morgan fingerprint density at radius 3 is 2.59 bits per heavy atom. The number of halogens is 1. The van der Waals surface area contributed by atoms with Gasteiger partial charge in [0.25, 0.3) is 5.91 Å². The molecule has 0 bridgehead atoms. The summed E-state index contributed by atoms with van der Waals surface area (Å²) in [5, 5.41) is 8.85. The molecule has 3 N–H and O–H groups in total. The number of benzene rings is 2. The lowest BCUT2D eigenvalue weighted by Gasteiger charge is -2.35. The minimum absolute atomic E-state index is 0.0493. The summed E-state index contributed by atoms with van der Waals surface area (Å²) in [6.07, 6.45) is 0.373. The van der Waals surface area contributed by atoms with E-state index in [-0.39, 0.29) is 62.8 Å². The summed E-state index contributed by atoms with van der Waals surface area (Å²) in [5.41, 5.74) is 2.51. The summed E-state index contributed by atoms with van der Waals surface area (Å²) in [5.74, 6) is -0.782. The zero-order valence-corrected chi connectivity index (χ0v) is 22.8. The highest BCUT2D eigenvalue weighted by molar-refractivity contribution is 6.31. The molecule has 4 amide bonds. The Kier molecular flexibility index (Phi) is 9.78. The second-order valence-corrected chi connectivity index (χ2v) is 10.2. The van der Waals surface area contributed by atoms with E-state index >= 15 is 0 Å². The maximum Gasteiger partial charge on any atom is 0.255 e. The minimum Gasteiger partial charge on any atom is -0.491 e. The Bertz CT molecular complexity index is 1210. The molecule has 2 aliphatic rings. The maximum absolute atomic E-state index is 13.4. The van der Waals surface area contributed by atoms with Crippen molar-refractivity contribution in [1.82, 2.24) is 25.8 Å². The van der Waals surface area contributed by atoms with Crippen molar-refractivity contribution < 1.29 is 23.9 Å². The molecule has 1 unspecified atom stereocenters. The molecular formula is C28H34ClN5O5. The smallest absolute Gasteiger partial charge is 0.255 e. The van der Waals surface area contributed by atoms with Crippen LogP contribution in [0.3, 0.4) is 0 Å². The molecule has 0 spiro atoms. The zero-order valence-electron chi connectivity index (χ0n) is 22.0. The predicted octanol–water partition coefficient (Wildman–Crippen LogP) is 1.50. The second-order valence-electron chi connectivity index (χ2n) is 9.73. The summed E-state index contributed by atoms with van der Waals surface area (Å²) < 4.78 is 5.70. The molecule has 2 aromatic carbocycles.